The Balaban J connectivity index is 1.50. The molecule has 39 heavy (non-hydrogen) atoms. The summed E-state index contributed by atoms with van der Waals surface area (Å²) in [4.78, 5) is 0. The van der Waals surface area contributed by atoms with Crippen LogP contribution in [0.25, 0.3) is 11.1 Å². The van der Waals surface area contributed by atoms with Gasteiger partial charge in [-0.3, -0.25) is 0 Å². The normalized spacial score (nSPS) is 11.6. The molecule has 0 atom stereocenters. The van der Waals surface area contributed by atoms with Crippen LogP contribution in [0.5, 0.6) is 5.75 Å². The Morgan fingerprint density at radius 1 is 0.615 bits per heavy atom. The number of benzene rings is 4. The highest BCUT2D eigenvalue weighted by Crippen LogP contribution is 2.37. The fourth-order valence-electron chi connectivity index (χ4n) is 4.17. The van der Waals surface area contributed by atoms with E-state index in [1.807, 2.05) is 6.92 Å². The maximum Gasteiger partial charge on any atom is 0.429 e. The molecule has 0 saturated carbocycles. The first kappa shape index (κ1) is 28.1. The summed E-state index contributed by atoms with van der Waals surface area (Å²) >= 11 is 0. The van der Waals surface area contributed by atoms with E-state index in [0.717, 1.165) is 48.7 Å². The molecule has 0 aliphatic heterocycles. The van der Waals surface area contributed by atoms with Gasteiger partial charge in [0.2, 0.25) is 0 Å². The molecular weight excluding hydrogens is 528 g/mol. The van der Waals surface area contributed by atoms with E-state index in [2.05, 4.69) is 4.74 Å². The minimum absolute atomic E-state index is 0.00217. The lowest BCUT2D eigenvalue weighted by Crippen LogP contribution is -2.24. The molecule has 0 unspecified atom stereocenters. The highest BCUT2D eigenvalue weighted by Gasteiger charge is 2.39. The monoisotopic (exact) mass is 550 g/mol. The van der Waals surface area contributed by atoms with Crippen molar-refractivity contribution in [2.24, 2.45) is 0 Å². The zero-order chi connectivity index (χ0) is 28.3. The topological polar surface area (TPSA) is 9.23 Å². The lowest BCUT2D eigenvalue weighted by molar-refractivity contribution is -0.187. The van der Waals surface area contributed by atoms with Crippen molar-refractivity contribution >= 4 is 0 Å². The van der Waals surface area contributed by atoms with Crippen molar-refractivity contribution in [2.75, 3.05) is 0 Å². The molecule has 0 N–H and O–H groups in total. The van der Waals surface area contributed by atoms with Gasteiger partial charge in [0.15, 0.2) is 29.1 Å². The van der Waals surface area contributed by atoms with Crippen LogP contribution in [0.2, 0.25) is 0 Å². The maximum absolute atomic E-state index is 14.8. The van der Waals surface area contributed by atoms with Crippen molar-refractivity contribution in [3.8, 4) is 16.9 Å². The van der Waals surface area contributed by atoms with Crippen molar-refractivity contribution in [3.63, 3.8) is 0 Å². The summed E-state index contributed by atoms with van der Waals surface area (Å²) in [7, 11) is 0. The first-order valence-electron chi connectivity index (χ1n) is 12.1. The highest BCUT2D eigenvalue weighted by atomic mass is 19.3. The van der Waals surface area contributed by atoms with Gasteiger partial charge in [-0.15, -0.1) is 0 Å². The SMILES string of the molecule is CCCc1ccc(-c2ccc(C(F)(F)Oc3ccc(CCc4cc(F)c(F)c(F)c4)c(F)c3)c(F)c2F)cc1. The van der Waals surface area contributed by atoms with Gasteiger partial charge in [-0.2, -0.15) is 8.78 Å². The zero-order valence-corrected chi connectivity index (χ0v) is 20.6. The molecular formula is C30H22F8O. The van der Waals surface area contributed by atoms with Gasteiger partial charge in [0.25, 0.3) is 0 Å². The van der Waals surface area contributed by atoms with Crippen LogP contribution < -0.4 is 4.74 Å². The molecule has 0 aliphatic carbocycles. The van der Waals surface area contributed by atoms with Gasteiger partial charge < -0.3 is 4.74 Å². The molecule has 204 valence electrons. The van der Waals surface area contributed by atoms with Crippen molar-refractivity contribution in [2.45, 2.75) is 38.7 Å². The highest BCUT2D eigenvalue weighted by molar-refractivity contribution is 5.65. The van der Waals surface area contributed by atoms with Gasteiger partial charge in [-0.1, -0.05) is 49.7 Å². The summed E-state index contributed by atoms with van der Waals surface area (Å²) in [6.45, 7) is 2.00. The van der Waals surface area contributed by atoms with Crippen LogP contribution in [0.4, 0.5) is 35.1 Å². The predicted octanol–water partition coefficient (Wildman–Crippen LogP) is 9.05. The molecule has 0 amide bonds. The Morgan fingerprint density at radius 3 is 1.90 bits per heavy atom. The van der Waals surface area contributed by atoms with E-state index >= 15 is 0 Å². The third-order valence-corrected chi connectivity index (χ3v) is 6.20. The smallest absolute Gasteiger partial charge is 0.429 e. The van der Waals surface area contributed by atoms with Crippen molar-refractivity contribution in [1.82, 2.24) is 0 Å². The van der Waals surface area contributed by atoms with E-state index in [4.69, 9.17) is 0 Å². The number of halogens is 8. The van der Waals surface area contributed by atoms with Gasteiger partial charge in [0.1, 0.15) is 17.1 Å². The molecule has 4 aromatic rings. The first-order valence-corrected chi connectivity index (χ1v) is 12.1. The van der Waals surface area contributed by atoms with Crippen LogP contribution >= 0.6 is 0 Å². The van der Waals surface area contributed by atoms with Crippen LogP contribution in [-0.2, 0) is 25.4 Å². The number of alkyl halides is 2. The number of hydrogen-bond donors (Lipinski definition) is 0. The Labute approximate surface area is 219 Å². The van der Waals surface area contributed by atoms with Gasteiger partial charge >= 0.3 is 6.11 Å². The van der Waals surface area contributed by atoms with E-state index < -0.39 is 52.3 Å². The van der Waals surface area contributed by atoms with Crippen LogP contribution in [0.15, 0.2) is 66.7 Å². The lowest BCUT2D eigenvalue weighted by Gasteiger charge is -2.20. The Bertz CT molecular complexity index is 1460. The first-order chi connectivity index (χ1) is 18.5. The molecule has 0 heterocycles. The summed E-state index contributed by atoms with van der Waals surface area (Å²) in [5, 5.41) is 0. The van der Waals surface area contributed by atoms with Crippen LogP contribution in [-0.4, -0.2) is 0 Å². The minimum atomic E-state index is -4.34. The average Bonchev–Trinajstić information content (AvgIpc) is 2.88. The number of rotatable bonds is 9. The number of aryl methyl sites for hydroxylation is 3. The molecule has 9 heteroatoms. The molecule has 0 bridgehead atoms. The average molecular weight is 550 g/mol. The molecule has 0 saturated heterocycles. The summed E-state index contributed by atoms with van der Waals surface area (Å²) in [6, 6.07) is 12.7. The van der Waals surface area contributed by atoms with Gasteiger partial charge in [0, 0.05) is 11.6 Å². The molecule has 0 radical (unpaired) electrons. The Kier molecular flexibility index (Phi) is 8.28. The molecule has 4 aromatic carbocycles. The van der Waals surface area contributed by atoms with Crippen LogP contribution in [0, 0.1) is 34.9 Å². The zero-order valence-electron chi connectivity index (χ0n) is 20.6. The van der Waals surface area contributed by atoms with E-state index in [0.29, 0.717) is 17.7 Å². The predicted molar refractivity (Wildman–Crippen MR) is 130 cm³/mol. The number of ether oxygens (including phenoxy) is 1. The standard InChI is InChI=1S/C30H22F8O/c1-2-3-17-4-7-19(8-5-17)22-12-13-23(28(35)27(22)34)30(37,38)39-21-11-10-20(24(31)16-21)9-6-18-14-25(32)29(36)26(33)15-18/h4-5,7-8,10-16H,2-3,6,9H2,1H3. The molecule has 1 nitrogen and oxygen atoms in total. The quantitative estimate of drug-likeness (QED) is 0.149. The second-order valence-corrected chi connectivity index (χ2v) is 8.98. The molecule has 4 rings (SSSR count). The summed E-state index contributed by atoms with van der Waals surface area (Å²) < 4.78 is 118. The van der Waals surface area contributed by atoms with Gasteiger partial charge in [-0.05, 0) is 65.8 Å². The van der Waals surface area contributed by atoms with E-state index in [1.165, 1.54) is 0 Å². The minimum Gasteiger partial charge on any atom is -0.429 e. The van der Waals surface area contributed by atoms with Crippen molar-refractivity contribution < 1.29 is 39.9 Å². The second-order valence-electron chi connectivity index (χ2n) is 8.98. The third-order valence-electron chi connectivity index (χ3n) is 6.20. The molecule has 0 fully saturated rings. The van der Waals surface area contributed by atoms with Crippen molar-refractivity contribution in [1.29, 1.82) is 0 Å². The largest absolute Gasteiger partial charge is 0.429 e. The molecule has 0 spiro atoms. The second kappa shape index (κ2) is 11.5. The van der Waals surface area contributed by atoms with E-state index in [9.17, 15) is 35.1 Å². The van der Waals surface area contributed by atoms with E-state index in [1.54, 1.807) is 24.3 Å². The third kappa shape index (κ3) is 6.24. The molecule has 0 aromatic heterocycles. The summed E-state index contributed by atoms with van der Waals surface area (Å²) in [6.07, 6.45) is -2.80. The summed E-state index contributed by atoms with van der Waals surface area (Å²) in [5.74, 6) is -9.31. The lowest BCUT2D eigenvalue weighted by atomic mass is 10.00. The fourth-order valence-corrected chi connectivity index (χ4v) is 4.17. The van der Waals surface area contributed by atoms with Crippen LogP contribution in [0.1, 0.15) is 35.6 Å². The van der Waals surface area contributed by atoms with E-state index in [-0.39, 0.29) is 29.5 Å². The van der Waals surface area contributed by atoms with Gasteiger partial charge in [0.05, 0.1) is 0 Å². The van der Waals surface area contributed by atoms with Crippen LogP contribution in [0.3, 0.4) is 0 Å². The maximum atomic E-state index is 14.8. The fraction of sp³-hybridized carbons (Fsp3) is 0.200. The van der Waals surface area contributed by atoms with Gasteiger partial charge in [-0.25, -0.2) is 26.3 Å². The Morgan fingerprint density at radius 2 is 1.28 bits per heavy atom. The van der Waals surface area contributed by atoms with Crippen molar-refractivity contribution in [3.05, 3.63) is 124 Å². The number of hydrogen-bond acceptors (Lipinski definition) is 1. The molecule has 0 aliphatic rings. The Hall–Kier alpha value is -3.88. The summed E-state index contributed by atoms with van der Waals surface area (Å²) in [5.41, 5.74) is -0.193.